The first kappa shape index (κ1) is 19.9. The van der Waals surface area contributed by atoms with E-state index in [1.165, 1.54) is 51.4 Å². The van der Waals surface area contributed by atoms with E-state index in [-0.39, 0.29) is 23.9 Å². The third-order valence-corrected chi connectivity index (χ3v) is 6.01. The normalized spacial score (nSPS) is 21.1. The largest absolute Gasteiger partial charge is 0.352 e. The molecule has 150 valence electrons. The molecule has 27 heavy (non-hydrogen) atoms. The van der Waals surface area contributed by atoms with Crippen molar-refractivity contribution < 1.29 is 9.59 Å². The number of hydrogen-bond acceptors (Lipinski definition) is 3. The van der Waals surface area contributed by atoms with Gasteiger partial charge in [0, 0.05) is 18.3 Å². The first-order chi connectivity index (χ1) is 13.1. The number of aromatic nitrogens is 2. The van der Waals surface area contributed by atoms with E-state index in [9.17, 15) is 9.59 Å². The van der Waals surface area contributed by atoms with E-state index >= 15 is 0 Å². The van der Waals surface area contributed by atoms with Crippen LogP contribution in [-0.4, -0.2) is 33.7 Å². The van der Waals surface area contributed by atoms with Gasteiger partial charge >= 0.3 is 0 Å². The van der Waals surface area contributed by atoms with Gasteiger partial charge in [0.15, 0.2) is 0 Å². The maximum absolute atomic E-state index is 12.6. The molecule has 3 rings (SSSR count). The van der Waals surface area contributed by atoms with E-state index in [4.69, 9.17) is 0 Å². The van der Waals surface area contributed by atoms with Crippen molar-refractivity contribution in [2.24, 2.45) is 0 Å². The third kappa shape index (κ3) is 5.81. The van der Waals surface area contributed by atoms with E-state index in [0.717, 1.165) is 25.7 Å². The number of amides is 2. The fourth-order valence-corrected chi connectivity index (χ4v) is 4.22. The van der Waals surface area contributed by atoms with Gasteiger partial charge in [-0.1, -0.05) is 51.4 Å². The molecule has 0 radical (unpaired) electrons. The molecule has 0 aliphatic heterocycles. The minimum atomic E-state index is -0.410. The summed E-state index contributed by atoms with van der Waals surface area (Å²) in [7, 11) is 0. The van der Waals surface area contributed by atoms with Crippen LogP contribution in [0.5, 0.6) is 0 Å². The van der Waals surface area contributed by atoms with Crippen LogP contribution in [0, 0.1) is 0 Å². The van der Waals surface area contributed by atoms with Crippen molar-refractivity contribution in [3.63, 3.8) is 0 Å². The highest BCUT2D eigenvalue weighted by atomic mass is 16.2. The molecule has 0 spiro atoms. The van der Waals surface area contributed by atoms with Gasteiger partial charge in [0.25, 0.3) is 5.91 Å². The zero-order valence-corrected chi connectivity index (χ0v) is 16.6. The number of carbonyl (C=O) groups is 2. The van der Waals surface area contributed by atoms with Gasteiger partial charge < -0.3 is 10.6 Å². The Bertz CT molecular complexity index is 611. The van der Waals surface area contributed by atoms with Crippen molar-refractivity contribution in [3.05, 3.63) is 18.0 Å². The van der Waals surface area contributed by atoms with Crippen molar-refractivity contribution in [3.8, 4) is 0 Å². The molecule has 1 aromatic heterocycles. The predicted molar refractivity (Wildman–Crippen MR) is 106 cm³/mol. The topological polar surface area (TPSA) is 76.0 Å². The number of nitrogens with one attached hydrogen (secondary N) is 2. The summed E-state index contributed by atoms with van der Waals surface area (Å²) in [5.41, 5.74) is 0.397. The Morgan fingerprint density at radius 1 is 0.926 bits per heavy atom. The van der Waals surface area contributed by atoms with Crippen LogP contribution >= 0.6 is 0 Å². The first-order valence-electron chi connectivity index (χ1n) is 10.8. The molecule has 2 aliphatic rings. The second kappa shape index (κ2) is 9.90. The van der Waals surface area contributed by atoms with Gasteiger partial charge in [-0.3, -0.25) is 14.3 Å². The lowest BCUT2D eigenvalue weighted by molar-refractivity contribution is -0.124. The van der Waals surface area contributed by atoms with Crippen molar-refractivity contribution in [2.75, 3.05) is 0 Å². The molecule has 1 atom stereocenters. The smallest absolute Gasteiger partial charge is 0.271 e. The summed E-state index contributed by atoms with van der Waals surface area (Å²) < 4.78 is 1.61. The first-order valence-corrected chi connectivity index (χ1v) is 10.8. The van der Waals surface area contributed by atoms with Crippen LogP contribution in [0.25, 0.3) is 0 Å². The molecule has 0 saturated heterocycles. The fourth-order valence-electron chi connectivity index (χ4n) is 4.22. The minimum Gasteiger partial charge on any atom is -0.352 e. The van der Waals surface area contributed by atoms with E-state index in [1.54, 1.807) is 16.9 Å². The Labute approximate surface area is 162 Å². The maximum atomic E-state index is 12.6. The molecule has 0 bridgehead atoms. The highest BCUT2D eigenvalue weighted by Crippen LogP contribution is 2.19. The summed E-state index contributed by atoms with van der Waals surface area (Å²) >= 11 is 0. The van der Waals surface area contributed by atoms with Gasteiger partial charge in [0.2, 0.25) is 5.91 Å². The summed E-state index contributed by atoms with van der Waals surface area (Å²) in [5.74, 6) is -0.141. The molecule has 1 unspecified atom stereocenters. The van der Waals surface area contributed by atoms with Crippen molar-refractivity contribution in [2.45, 2.75) is 102 Å². The summed E-state index contributed by atoms with van der Waals surface area (Å²) in [5, 5.41) is 10.7. The maximum Gasteiger partial charge on any atom is 0.271 e. The molecule has 2 aliphatic carbocycles. The summed E-state index contributed by atoms with van der Waals surface area (Å²) in [6, 6.07) is 1.83. The van der Waals surface area contributed by atoms with E-state index in [1.807, 2.05) is 6.92 Å². The molecule has 0 aromatic carbocycles. The number of hydrogen-bond donors (Lipinski definition) is 2. The monoisotopic (exact) mass is 374 g/mol. The van der Waals surface area contributed by atoms with Gasteiger partial charge in [-0.05, 0) is 38.7 Å². The Balaban J connectivity index is 1.53. The lowest BCUT2D eigenvalue weighted by Gasteiger charge is -2.19. The zero-order chi connectivity index (χ0) is 19.1. The molecular weight excluding hydrogens is 340 g/mol. The Morgan fingerprint density at radius 2 is 1.44 bits per heavy atom. The van der Waals surface area contributed by atoms with E-state index in [2.05, 4.69) is 15.7 Å². The number of rotatable bonds is 5. The van der Waals surface area contributed by atoms with Crippen LogP contribution in [-0.2, 0) is 4.79 Å². The Morgan fingerprint density at radius 3 is 2.00 bits per heavy atom. The average Bonchev–Trinajstić information content (AvgIpc) is 2.83. The van der Waals surface area contributed by atoms with Gasteiger partial charge in [-0.15, -0.1) is 0 Å². The van der Waals surface area contributed by atoms with Gasteiger partial charge in [0.05, 0.1) is 0 Å². The molecule has 2 N–H and O–H groups in total. The van der Waals surface area contributed by atoms with Crippen molar-refractivity contribution in [1.82, 2.24) is 20.4 Å². The van der Waals surface area contributed by atoms with Gasteiger partial charge in [0.1, 0.15) is 11.7 Å². The fraction of sp³-hybridized carbons (Fsp3) is 0.762. The molecule has 2 saturated carbocycles. The van der Waals surface area contributed by atoms with Crippen LogP contribution in [0.15, 0.2) is 12.3 Å². The van der Waals surface area contributed by atoms with Gasteiger partial charge in [-0.2, -0.15) is 5.10 Å². The molecule has 6 heteroatoms. The highest BCUT2D eigenvalue weighted by Gasteiger charge is 2.22. The predicted octanol–water partition coefficient (Wildman–Crippen LogP) is 3.74. The van der Waals surface area contributed by atoms with E-state index < -0.39 is 6.04 Å². The van der Waals surface area contributed by atoms with Crippen LogP contribution in [0.2, 0.25) is 0 Å². The van der Waals surface area contributed by atoms with E-state index in [0.29, 0.717) is 5.69 Å². The molecular formula is C21H34N4O2. The molecule has 6 nitrogen and oxygen atoms in total. The number of nitrogens with zero attached hydrogens (tertiary/aromatic N) is 2. The average molecular weight is 375 g/mol. The van der Waals surface area contributed by atoms with Gasteiger partial charge in [-0.25, -0.2) is 0 Å². The standard InChI is InChI=1S/C21H34N4O2/c1-16(20(26)22-17-10-6-2-3-7-11-17)25-15-14-19(24-25)21(27)23-18-12-8-4-5-9-13-18/h14-18H,2-13H2,1H3,(H,22,26)(H,23,27). The van der Waals surface area contributed by atoms with Crippen LogP contribution in [0.1, 0.15) is 101 Å². The highest BCUT2D eigenvalue weighted by molar-refractivity contribution is 5.92. The SMILES string of the molecule is CC(C(=O)NC1CCCCCC1)n1ccc(C(=O)NC2CCCCCC2)n1. The minimum absolute atomic E-state index is 0.0132. The van der Waals surface area contributed by atoms with Crippen molar-refractivity contribution in [1.29, 1.82) is 0 Å². The quantitative estimate of drug-likeness (QED) is 0.771. The molecule has 1 aromatic rings. The second-order valence-electron chi connectivity index (χ2n) is 8.22. The lowest BCUT2D eigenvalue weighted by Crippen LogP contribution is -2.39. The Kier molecular flexibility index (Phi) is 7.30. The second-order valence-corrected chi connectivity index (χ2v) is 8.22. The summed E-state index contributed by atoms with van der Waals surface area (Å²) in [6.45, 7) is 1.84. The number of carbonyl (C=O) groups excluding carboxylic acids is 2. The lowest BCUT2D eigenvalue weighted by atomic mass is 10.1. The van der Waals surface area contributed by atoms with Crippen LogP contribution in [0.4, 0.5) is 0 Å². The summed E-state index contributed by atoms with van der Waals surface area (Å²) in [6.07, 6.45) is 15.7. The molecule has 1 heterocycles. The summed E-state index contributed by atoms with van der Waals surface area (Å²) in [4.78, 5) is 25.1. The van der Waals surface area contributed by atoms with Crippen molar-refractivity contribution >= 4 is 11.8 Å². The molecule has 2 amide bonds. The Hall–Kier alpha value is -1.85. The zero-order valence-electron chi connectivity index (χ0n) is 16.6. The van der Waals surface area contributed by atoms with Crippen LogP contribution in [0.3, 0.4) is 0 Å². The van der Waals surface area contributed by atoms with Crippen LogP contribution < -0.4 is 10.6 Å². The third-order valence-electron chi connectivity index (χ3n) is 6.01. The molecule has 2 fully saturated rings.